The van der Waals surface area contributed by atoms with E-state index in [1.807, 2.05) is 59.0 Å². The summed E-state index contributed by atoms with van der Waals surface area (Å²) in [6, 6.07) is 32.0. The number of likely N-dealkylation sites (N-methyl/N-ethyl adjacent to an activating group) is 2. The van der Waals surface area contributed by atoms with Crippen LogP contribution in [0.3, 0.4) is 0 Å². The van der Waals surface area contributed by atoms with E-state index in [0.717, 1.165) is 74.3 Å². The Bertz CT molecular complexity index is 2840. The van der Waals surface area contributed by atoms with Crippen LogP contribution >= 0.6 is 0 Å². The van der Waals surface area contributed by atoms with Crippen LogP contribution in [0.15, 0.2) is 103 Å². The molecule has 3 N–H and O–H groups in total. The fraction of sp³-hybridized carbons (Fsp3) is 0.493. The number of nitrogens with zero attached hydrogens (tertiary/aromatic N) is 3. The van der Waals surface area contributed by atoms with Crippen LogP contribution < -0.4 is 44.9 Å². The first kappa shape index (κ1) is 82.8. The van der Waals surface area contributed by atoms with E-state index < -0.39 is 12.1 Å². The van der Waals surface area contributed by atoms with Crippen molar-refractivity contribution in [3.05, 3.63) is 131 Å². The molecule has 5 aromatic rings. The third-order valence-corrected chi connectivity index (χ3v) is 14.6. The third kappa shape index (κ3) is 31.9. The highest BCUT2D eigenvalue weighted by molar-refractivity contribution is 5.97. The molecule has 0 aliphatic carbocycles. The van der Waals surface area contributed by atoms with Crippen molar-refractivity contribution in [1.29, 1.82) is 0 Å². The van der Waals surface area contributed by atoms with E-state index in [-0.39, 0.29) is 30.4 Å². The molecule has 0 saturated carbocycles. The number of unbranched alkanes of at least 4 members (excludes halogenated alkanes) is 4. The number of nitrogens with one attached hydrogen (secondary N) is 3. The van der Waals surface area contributed by atoms with Crippen LogP contribution in [0.25, 0.3) is 0 Å². The van der Waals surface area contributed by atoms with Gasteiger partial charge in [0, 0.05) is 107 Å². The van der Waals surface area contributed by atoms with Gasteiger partial charge in [-0.2, -0.15) is 0 Å². The van der Waals surface area contributed by atoms with Crippen molar-refractivity contribution in [2.75, 3.05) is 94.1 Å². The maximum atomic E-state index is 13.8. The summed E-state index contributed by atoms with van der Waals surface area (Å²) < 4.78 is 27.5. The second-order valence-electron chi connectivity index (χ2n) is 21.6. The first-order valence-corrected chi connectivity index (χ1v) is 31.9. The number of methoxy groups -OCH3 is 3. The molecule has 1 aliphatic rings. The van der Waals surface area contributed by atoms with Gasteiger partial charge in [0.15, 0.2) is 24.1 Å². The Hall–Kier alpha value is -8.25. The highest BCUT2D eigenvalue weighted by Gasteiger charge is 2.25. The van der Waals surface area contributed by atoms with E-state index in [1.54, 1.807) is 83.6 Å². The quantitative estimate of drug-likeness (QED) is 0.0288. The second kappa shape index (κ2) is 49.5. The molecule has 91 heavy (non-hydrogen) atoms. The lowest BCUT2D eigenvalue weighted by atomic mass is 10.0. The SMILES string of the molecule is CC.CC.CC(=O)CCCCC=O.CC(C)C(C)C.CCc1ccccc1N(C)CCN(C(=O)OCc1ccc(NC(=O)C(C)NC=O)cc1)c1cc(OCCCCCOC)c(OC)cc1C=O.CNc1ccc(OC)cc1C=O.C[C@@H]1Cc2ccccc2N1C. The predicted molar refractivity (Wildman–Crippen MR) is 373 cm³/mol. The number of carbonyl (C=O) groups is 7. The number of rotatable bonds is 30. The van der Waals surface area contributed by atoms with Gasteiger partial charge >= 0.3 is 6.09 Å². The van der Waals surface area contributed by atoms with Crippen molar-refractivity contribution < 1.29 is 57.2 Å². The van der Waals surface area contributed by atoms with E-state index in [1.165, 1.54) is 35.2 Å². The van der Waals surface area contributed by atoms with E-state index in [0.29, 0.717) is 91.1 Å². The van der Waals surface area contributed by atoms with Crippen LogP contribution in [0, 0.1) is 11.8 Å². The van der Waals surface area contributed by atoms with Gasteiger partial charge in [-0.3, -0.25) is 24.1 Å². The molecule has 3 amide bonds. The lowest BCUT2D eigenvalue weighted by Gasteiger charge is -2.28. The minimum absolute atomic E-state index is 0.0570. The Morgan fingerprint density at radius 1 is 0.714 bits per heavy atom. The zero-order valence-corrected chi connectivity index (χ0v) is 58.1. The number of hydrogen-bond acceptors (Lipinski definition) is 15. The van der Waals surface area contributed by atoms with Gasteiger partial charge in [-0.05, 0) is 143 Å². The minimum atomic E-state index is -0.695. The average Bonchev–Trinajstić information content (AvgIpc) is 2.87. The second-order valence-corrected chi connectivity index (χ2v) is 21.6. The van der Waals surface area contributed by atoms with Crippen molar-refractivity contribution in [2.45, 2.75) is 160 Å². The number of anilines is 5. The van der Waals surface area contributed by atoms with Gasteiger partial charge in [-0.15, -0.1) is 0 Å². The Morgan fingerprint density at radius 2 is 1.35 bits per heavy atom. The number of amides is 3. The van der Waals surface area contributed by atoms with Crippen molar-refractivity contribution in [3.63, 3.8) is 0 Å². The van der Waals surface area contributed by atoms with E-state index in [9.17, 15) is 33.6 Å². The topological polar surface area (TPSA) is 211 Å². The summed E-state index contributed by atoms with van der Waals surface area (Å²) in [5, 5.41) is 8.04. The zero-order chi connectivity index (χ0) is 68.7. The number of ether oxygens (including phenoxy) is 5. The summed E-state index contributed by atoms with van der Waals surface area (Å²) in [6.07, 6.45) is 9.78. The maximum absolute atomic E-state index is 13.8. The summed E-state index contributed by atoms with van der Waals surface area (Å²) in [7, 11) is 10.6. The number of ketones is 1. The van der Waals surface area contributed by atoms with Gasteiger partial charge in [0.2, 0.25) is 12.3 Å². The lowest BCUT2D eigenvalue weighted by Crippen LogP contribution is -2.39. The van der Waals surface area contributed by atoms with Crippen LogP contribution in [-0.4, -0.2) is 124 Å². The Balaban J connectivity index is 0.00000153. The third-order valence-electron chi connectivity index (χ3n) is 14.6. The number of para-hydroxylation sites is 2. The number of carbonyl (C=O) groups excluding carboxylic acids is 7. The fourth-order valence-corrected chi connectivity index (χ4v) is 8.39. The molecule has 0 radical (unpaired) electrons. The van der Waals surface area contributed by atoms with Crippen molar-refractivity contribution in [1.82, 2.24) is 5.32 Å². The van der Waals surface area contributed by atoms with Gasteiger partial charge in [0.05, 0.1) is 26.5 Å². The van der Waals surface area contributed by atoms with E-state index in [4.69, 9.17) is 23.7 Å². The molecule has 504 valence electrons. The fourth-order valence-electron chi connectivity index (χ4n) is 8.39. The highest BCUT2D eigenvalue weighted by atomic mass is 16.6. The van der Waals surface area contributed by atoms with Crippen LogP contribution in [0.1, 0.15) is 165 Å². The van der Waals surface area contributed by atoms with Gasteiger partial charge in [0.25, 0.3) is 0 Å². The number of benzene rings is 5. The van der Waals surface area contributed by atoms with Gasteiger partial charge < -0.3 is 59.0 Å². The van der Waals surface area contributed by atoms with Crippen molar-refractivity contribution >= 4 is 71.5 Å². The average molecular weight is 1260 g/mol. The molecule has 1 unspecified atom stereocenters. The molecule has 0 aromatic heterocycles. The number of aldehydes is 3. The summed E-state index contributed by atoms with van der Waals surface area (Å²) >= 11 is 0. The highest BCUT2D eigenvalue weighted by Crippen LogP contribution is 2.36. The van der Waals surface area contributed by atoms with E-state index >= 15 is 0 Å². The first-order chi connectivity index (χ1) is 43.8. The predicted octanol–water partition coefficient (Wildman–Crippen LogP) is 14.9. The monoisotopic (exact) mass is 1260 g/mol. The van der Waals surface area contributed by atoms with Crippen LogP contribution in [0.4, 0.5) is 33.2 Å². The van der Waals surface area contributed by atoms with Crippen LogP contribution in [-0.2, 0) is 48.1 Å². The standard InChI is InChI=1S/C37H48N4O8.C10H13N.C9H11NO2.C7H12O2.C6H14.2C2H6/c1-6-29-12-8-9-13-32(29)40(3)18-19-41(33-23-35(34(47-5)22-30(33)24-42)48-21-11-7-10-20-46-4)37(45)49-25-28-14-16-31(17-15-28)39-36(44)27(2)38-26-43;1-8-7-9-5-3-4-6-10(9)11(8)2;1-10-9-4-3-8(12-2)5-7(9)6-11;1-7(9)5-3-2-4-6-8;1-5(2)6(3)4;2*1-2/h8-9,12-17,22-24,26-27H,6-7,10-11,18-21,25H2,1-5H3,(H,38,43)(H,39,44);3-6,8H,7H2,1-2H3;3-6,10H,1-2H3;6H,2-5H2,1H3;5-6H,1-4H3;2*1-2H3/t;8-;;;;;/m.1...../s1. The summed E-state index contributed by atoms with van der Waals surface area (Å²) in [4.78, 5) is 85.5. The Morgan fingerprint density at radius 3 is 1.91 bits per heavy atom. The molecular formula is C73H110N6O12. The molecule has 5 aromatic carbocycles. The molecule has 18 heteroatoms. The molecule has 2 atom stereocenters. The Labute approximate surface area is 545 Å². The molecule has 0 bridgehead atoms. The largest absolute Gasteiger partial charge is 0.497 e. The van der Waals surface area contributed by atoms with Crippen molar-refractivity contribution in [2.24, 2.45) is 11.8 Å². The minimum Gasteiger partial charge on any atom is -0.497 e. The molecule has 0 fully saturated rings. The molecular weight excluding hydrogens is 1150 g/mol. The number of Topliss-reactive ketones (excluding diaryl/α,β-unsaturated/α-hetero) is 1. The lowest BCUT2D eigenvalue weighted by molar-refractivity contribution is -0.120. The zero-order valence-electron chi connectivity index (χ0n) is 58.1. The smallest absolute Gasteiger partial charge is 0.414 e. The molecule has 1 heterocycles. The van der Waals surface area contributed by atoms with Gasteiger partial charge in [-0.25, -0.2) is 4.79 Å². The number of fused-ring (bicyclic) bond motifs is 1. The van der Waals surface area contributed by atoms with Gasteiger partial charge in [-0.1, -0.05) is 111 Å². The van der Waals surface area contributed by atoms with E-state index in [2.05, 4.69) is 105 Å². The molecule has 6 rings (SSSR count). The summed E-state index contributed by atoms with van der Waals surface area (Å²) in [6.45, 7) is 26.1. The van der Waals surface area contributed by atoms with Gasteiger partial charge in [0.1, 0.15) is 30.5 Å². The molecule has 18 nitrogen and oxygen atoms in total. The number of aryl methyl sites for hydroxylation is 1. The molecule has 0 saturated heterocycles. The summed E-state index contributed by atoms with van der Waals surface area (Å²) in [5.41, 5.74) is 8.32. The normalized spacial score (nSPS) is 11.6. The van der Waals surface area contributed by atoms with Crippen LogP contribution in [0.2, 0.25) is 0 Å². The number of hydrogen-bond donors (Lipinski definition) is 3. The summed E-state index contributed by atoms with van der Waals surface area (Å²) in [5.74, 6) is 3.03. The molecule has 0 spiro atoms. The maximum Gasteiger partial charge on any atom is 0.414 e. The van der Waals surface area contributed by atoms with Crippen LogP contribution in [0.5, 0.6) is 17.2 Å². The Kier molecular flexibility index (Phi) is 45.0. The molecule has 1 aliphatic heterocycles. The first-order valence-electron chi connectivity index (χ1n) is 31.9. The van der Waals surface area contributed by atoms with Crippen molar-refractivity contribution in [3.8, 4) is 17.2 Å².